The maximum Gasteiger partial charge on any atom is 0.340 e. The smallest absolute Gasteiger partial charge is 0.340 e. The van der Waals surface area contributed by atoms with Crippen molar-refractivity contribution in [2.24, 2.45) is 0 Å². The Labute approximate surface area is 271 Å². The van der Waals surface area contributed by atoms with Crippen LogP contribution >= 0.6 is 11.6 Å². The summed E-state index contributed by atoms with van der Waals surface area (Å²) >= 11 is 6.59. The molecule has 46 heavy (non-hydrogen) atoms. The highest BCUT2D eigenvalue weighted by molar-refractivity contribution is 6.31. The van der Waals surface area contributed by atoms with Gasteiger partial charge in [0.15, 0.2) is 5.60 Å². The highest BCUT2D eigenvalue weighted by atomic mass is 35.5. The third-order valence-electron chi connectivity index (χ3n) is 8.40. The molecule has 0 saturated carbocycles. The molecule has 2 aliphatic heterocycles. The average molecular weight is 622 g/mol. The monoisotopic (exact) mass is 621 g/mol. The third kappa shape index (κ3) is 4.80. The fraction of sp³-hybridized carbons (Fsp3) is 0.0513. The van der Waals surface area contributed by atoms with Crippen molar-refractivity contribution < 1.29 is 14.3 Å². The molecule has 7 heteroatoms. The number of hydrogen-bond acceptors (Lipinski definition) is 6. The first kappa shape index (κ1) is 27.8. The zero-order valence-electron chi connectivity index (χ0n) is 24.8. The van der Waals surface area contributed by atoms with Gasteiger partial charge in [-0.05, 0) is 103 Å². The maximum atomic E-state index is 13.1. The number of nitrogens with one attached hydrogen (secondary N) is 3. The highest BCUT2D eigenvalue weighted by Gasteiger charge is 2.53. The molecule has 3 N–H and O–H groups in total. The Morgan fingerprint density at radius 2 is 1.07 bits per heavy atom. The van der Waals surface area contributed by atoms with E-state index in [2.05, 4.69) is 16.0 Å². The molecule has 6 aromatic carbocycles. The molecule has 0 amide bonds. The van der Waals surface area contributed by atoms with Gasteiger partial charge >= 0.3 is 5.97 Å². The minimum atomic E-state index is -1.16. The van der Waals surface area contributed by atoms with Crippen molar-refractivity contribution in [1.29, 1.82) is 0 Å². The molecule has 1 atom stereocenters. The lowest BCUT2D eigenvalue weighted by Crippen LogP contribution is -2.33. The lowest BCUT2D eigenvalue weighted by Gasteiger charge is -2.37. The molecule has 6 nitrogen and oxygen atoms in total. The summed E-state index contributed by atoms with van der Waals surface area (Å²) in [6, 6.07) is 43.5. The van der Waals surface area contributed by atoms with Crippen molar-refractivity contribution in [3.63, 3.8) is 0 Å². The molecule has 0 aromatic heterocycles. The third-order valence-corrected chi connectivity index (χ3v) is 8.81. The molecule has 1 spiro atoms. The second kappa shape index (κ2) is 11.0. The predicted octanol–water partition coefficient (Wildman–Crippen LogP) is 10.4. The number of ether oxygens (including phenoxy) is 2. The first-order valence-corrected chi connectivity index (χ1v) is 15.4. The van der Waals surface area contributed by atoms with Gasteiger partial charge in [-0.1, -0.05) is 48.0 Å². The molecule has 0 fully saturated rings. The minimum absolute atomic E-state index is 0.373. The van der Waals surface area contributed by atoms with E-state index in [-0.39, 0.29) is 5.97 Å². The van der Waals surface area contributed by atoms with E-state index in [0.29, 0.717) is 27.6 Å². The number of benzene rings is 6. The number of aryl methyl sites for hydroxylation is 1. The lowest BCUT2D eigenvalue weighted by atomic mass is 9.77. The molecular formula is C39H28ClN3O3. The number of fused-ring (bicyclic) bond motifs is 6. The summed E-state index contributed by atoms with van der Waals surface area (Å²) < 4.78 is 12.7. The van der Waals surface area contributed by atoms with Gasteiger partial charge in [0, 0.05) is 61.9 Å². The number of esters is 1. The van der Waals surface area contributed by atoms with Crippen LogP contribution in [0.4, 0.5) is 34.1 Å². The Bertz CT molecular complexity index is 2110. The zero-order valence-corrected chi connectivity index (χ0v) is 25.6. The van der Waals surface area contributed by atoms with Crippen molar-refractivity contribution in [2.75, 3.05) is 16.0 Å². The van der Waals surface area contributed by atoms with E-state index >= 15 is 0 Å². The fourth-order valence-electron chi connectivity index (χ4n) is 6.17. The molecule has 0 bridgehead atoms. The number of rotatable bonds is 6. The minimum Gasteiger partial charge on any atom is -0.456 e. The summed E-state index contributed by atoms with van der Waals surface area (Å²) in [4.78, 5) is 13.1. The van der Waals surface area contributed by atoms with E-state index in [4.69, 9.17) is 21.1 Å². The van der Waals surface area contributed by atoms with Gasteiger partial charge < -0.3 is 25.4 Å². The SMILES string of the molecule is Cc1cc2c(cc1Cl)C1(OC(=O)c3ccccc31)c1ccc(Nc3ccc(Nc4ccc(Nc5ccccc5)cc4)cc3)cc1O2. The molecule has 6 aromatic rings. The normalized spacial score (nSPS) is 15.7. The summed E-state index contributed by atoms with van der Waals surface area (Å²) in [5.41, 5.74) is 8.26. The first-order chi connectivity index (χ1) is 22.5. The predicted molar refractivity (Wildman–Crippen MR) is 184 cm³/mol. The Kier molecular flexibility index (Phi) is 6.66. The fourth-order valence-corrected chi connectivity index (χ4v) is 6.33. The van der Waals surface area contributed by atoms with Gasteiger partial charge in [0.2, 0.25) is 0 Å². The number of halogens is 1. The average Bonchev–Trinajstić information content (AvgIpc) is 3.37. The van der Waals surface area contributed by atoms with Crippen molar-refractivity contribution in [1.82, 2.24) is 0 Å². The summed E-state index contributed by atoms with van der Waals surface area (Å²) in [6.45, 7) is 1.93. The van der Waals surface area contributed by atoms with E-state index in [1.165, 1.54) is 0 Å². The van der Waals surface area contributed by atoms with Crippen LogP contribution in [0.5, 0.6) is 11.5 Å². The number of anilines is 6. The van der Waals surface area contributed by atoms with Crippen LogP contribution in [0, 0.1) is 6.92 Å². The standard InChI is InChI=1S/C39H28ClN3O3/c1-24-21-36-34(23-35(24)40)39(32-10-6-5-9-31(32)38(44)46-39)33-20-19-30(22-37(33)45-36)43-29-17-15-28(16-18-29)42-27-13-11-26(12-14-27)41-25-7-3-2-4-8-25/h2-23,41-43H,1H3. The molecule has 1 unspecified atom stereocenters. The van der Waals surface area contributed by atoms with Crippen LogP contribution in [0.25, 0.3) is 0 Å². The second-order valence-electron chi connectivity index (χ2n) is 11.4. The van der Waals surface area contributed by atoms with Crippen LogP contribution in [-0.2, 0) is 10.3 Å². The number of carbonyl (C=O) groups is 1. The van der Waals surface area contributed by atoms with Crippen molar-refractivity contribution in [3.05, 3.63) is 166 Å². The molecular weight excluding hydrogens is 594 g/mol. The van der Waals surface area contributed by atoms with Gasteiger partial charge in [0.05, 0.1) is 5.56 Å². The Morgan fingerprint density at radius 3 is 1.72 bits per heavy atom. The van der Waals surface area contributed by atoms with Crippen molar-refractivity contribution in [2.45, 2.75) is 12.5 Å². The summed E-state index contributed by atoms with van der Waals surface area (Å²) in [5.74, 6) is 0.837. The molecule has 0 radical (unpaired) electrons. The van der Waals surface area contributed by atoms with Crippen LogP contribution in [0.3, 0.4) is 0 Å². The lowest BCUT2D eigenvalue weighted by molar-refractivity contribution is 0.0224. The molecule has 224 valence electrons. The van der Waals surface area contributed by atoms with Gasteiger partial charge in [-0.15, -0.1) is 0 Å². The van der Waals surface area contributed by atoms with Crippen LogP contribution in [-0.4, -0.2) is 5.97 Å². The largest absolute Gasteiger partial charge is 0.456 e. The van der Waals surface area contributed by atoms with Crippen molar-refractivity contribution in [3.8, 4) is 11.5 Å². The molecule has 8 rings (SSSR count). The first-order valence-electron chi connectivity index (χ1n) is 15.0. The molecule has 0 aliphatic carbocycles. The van der Waals surface area contributed by atoms with E-state index < -0.39 is 5.60 Å². The zero-order chi connectivity index (χ0) is 31.3. The summed E-state index contributed by atoms with van der Waals surface area (Å²) in [5, 5.41) is 10.9. The van der Waals surface area contributed by atoms with Crippen molar-refractivity contribution >= 4 is 51.7 Å². The number of para-hydroxylation sites is 1. The molecule has 2 aliphatic rings. The topological polar surface area (TPSA) is 71.6 Å². The summed E-state index contributed by atoms with van der Waals surface area (Å²) in [7, 11) is 0. The van der Waals surface area contributed by atoms with Crippen LogP contribution in [0.1, 0.15) is 32.6 Å². The van der Waals surface area contributed by atoms with E-state index in [1.54, 1.807) is 6.07 Å². The van der Waals surface area contributed by atoms with Crippen LogP contribution in [0.15, 0.2) is 133 Å². The summed E-state index contributed by atoms with van der Waals surface area (Å²) in [6.07, 6.45) is 0. The van der Waals surface area contributed by atoms with E-state index in [9.17, 15) is 4.79 Å². The molecule has 2 heterocycles. The molecule has 0 saturated heterocycles. The number of hydrogen-bond donors (Lipinski definition) is 3. The van der Waals surface area contributed by atoms with Gasteiger partial charge in [-0.3, -0.25) is 0 Å². The Morgan fingerprint density at radius 1 is 0.543 bits per heavy atom. The quantitative estimate of drug-likeness (QED) is 0.161. The van der Waals surface area contributed by atoms with Gasteiger partial charge in [-0.2, -0.15) is 0 Å². The van der Waals surface area contributed by atoms with Crippen LogP contribution in [0.2, 0.25) is 5.02 Å². The maximum absolute atomic E-state index is 13.1. The van der Waals surface area contributed by atoms with Crippen LogP contribution < -0.4 is 20.7 Å². The van der Waals surface area contributed by atoms with E-state index in [0.717, 1.165) is 50.8 Å². The Hall–Kier alpha value is -5.72. The van der Waals surface area contributed by atoms with Gasteiger partial charge in [0.25, 0.3) is 0 Å². The highest BCUT2D eigenvalue weighted by Crippen LogP contribution is 2.57. The van der Waals surface area contributed by atoms with Gasteiger partial charge in [0.1, 0.15) is 11.5 Å². The van der Waals surface area contributed by atoms with Gasteiger partial charge in [-0.25, -0.2) is 4.79 Å². The Balaban J connectivity index is 1.04. The number of carbonyl (C=O) groups excluding carboxylic acids is 1. The van der Waals surface area contributed by atoms with E-state index in [1.807, 2.05) is 134 Å². The second-order valence-corrected chi connectivity index (χ2v) is 11.8.